The molecule has 1 aromatic rings. The number of likely N-dealkylation sites (tertiary alicyclic amines) is 1. The van der Waals surface area contributed by atoms with Gasteiger partial charge in [-0.05, 0) is 38.6 Å². The standard InChI is InChI=1S/C14H25N5O/c15-8-4-3-7-13-11-19(17-16-13)12-14(20)18-9-5-1-2-6-10-18/h11H,1-10,12,15H2. The minimum atomic E-state index is 0.158. The number of hydrogen-bond donors (Lipinski definition) is 1. The summed E-state index contributed by atoms with van der Waals surface area (Å²) in [5.41, 5.74) is 6.41. The van der Waals surface area contributed by atoms with Crippen molar-refractivity contribution in [1.82, 2.24) is 19.9 Å². The summed E-state index contributed by atoms with van der Waals surface area (Å²) in [5, 5.41) is 8.15. The average molecular weight is 279 g/mol. The number of aryl methyl sites for hydroxylation is 1. The van der Waals surface area contributed by atoms with E-state index in [0.717, 1.165) is 50.9 Å². The molecule has 0 aromatic carbocycles. The molecule has 0 radical (unpaired) electrons. The summed E-state index contributed by atoms with van der Waals surface area (Å²) in [6.45, 7) is 2.79. The lowest BCUT2D eigenvalue weighted by atomic mass is 10.2. The van der Waals surface area contributed by atoms with E-state index in [1.165, 1.54) is 12.8 Å². The van der Waals surface area contributed by atoms with Gasteiger partial charge in [0.2, 0.25) is 5.91 Å². The Labute approximate surface area is 120 Å². The van der Waals surface area contributed by atoms with Crippen LogP contribution in [0.1, 0.15) is 44.2 Å². The van der Waals surface area contributed by atoms with Crippen LogP contribution >= 0.6 is 0 Å². The molecule has 6 heteroatoms. The van der Waals surface area contributed by atoms with Crippen LogP contribution in [0.3, 0.4) is 0 Å². The van der Waals surface area contributed by atoms with Crippen molar-refractivity contribution in [3.05, 3.63) is 11.9 Å². The molecule has 1 aromatic heterocycles. The Kier molecular flexibility index (Phi) is 5.98. The van der Waals surface area contributed by atoms with Crippen molar-refractivity contribution < 1.29 is 4.79 Å². The normalized spacial score (nSPS) is 16.1. The average Bonchev–Trinajstić information content (AvgIpc) is 2.72. The number of rotatable bonds is 6. The fourth-order valence-electron chi connectivity index (χ4n) is 2.54. The Bertz CT molecular complexity index is 409. The third kappa shape index (κ3) is 4.59. The molecule has 112 valence electrons. The number of aromatic nitrogens is 3. The largest absolute Gasteiger partial charge is 0.341 e. The summed E-state index contributed by atoms with van der Waals surface area (Å²) in [5.74, 6) is 0.158. The summed E-state index contributed by atoms with van der Waals surface area (Å²) in [6.07, 6.45) is 9.49. The summed E-state index contributed by atoms with van der Waals surface area (Å²) in [4.78, 5) is 14.2. The van der Waals surface area contributed by atoms with Crippen molar-refractivity contribution in [3.8, 4) is 0 Å². The maximum Gasteiger partial charge on any atom is 0.244 e. The van der Waals surface area contributed by atoms with Gasteiger partial charge in [0, 0.05) is 19.3 Å². The molecule has 1 aliphatic rings. The van der Waals surface area contributed by atoms with Crippen LogP contribution in [-0.2, 0) is 17.8 Å². The van der Waals surface area contributed by atoms with Gasteiger partial charge in [-0.1, -0.05) is 18.1 Å². The van der Waals surface area contributed by atoms with E-state index < -0.39 is 0 Å². The molecule has 1 saturated heterocycles. The zero-order valence-electron chi connectivity index (χ0n) is 12.1. The topological polar surface area (TPSA) is 77.0 Å². The van der Waals surface area contributed by atoms with Gasteiger partial charge >= 0.3 is 0 Å². The van der Waals surface area contributed by atoms with Crippen LogP contribution in [0.25, 0.3) is 0 Å². The van der Waals surface area contributed by atoms with Crippen LogP contribution in [0.5, 0.6) is 0 Å². The van der Waals surface area contributed by atoms with Gasteiger partial charge in [-0.15, -0.1) is 5.10 Å². The number of nitrogens with two attached hydrogens (primary N) is 1. The quantitative estimate of drug-likeness (QED) is 0.787. The molecular weight excluding hydrogens is 254 g/mol. The molecular formula is C14H25N5O. The van der Waals surface area contributed by atoms with Gasteiger partial charge in [0.15, 0.2) is 0 Å². The first-order valence-corrected chi connectivity index (χ1v) is 7.66. The monoisotopic (exact) mass is 279 g/mol. The van der Waals surface area contributed by atoms with Gasteiger partial charge in [-0.25, -0.2) is 4.68 Å². The van der Waals surface area contributed by atoms with Gasteiger partial charge in [-0.2, -0.15) is 0 Å². The van der Waals surface area contributed by atoms with Crippen molar-refractivity contribution in [1.29, 1.82) is 0 Å². The Morgan fingerprint density at radius 3 is 2.65 bits per heavy atom. The van der Waals surface area contributed by atoms with E-state index in [2.05, 4.69) is 10.3 Å². The second-order valence-electron chi connectivity index (χ2n) is 5.45. The maximum absolute atomic E-state index is 12.2. The van der Waals surface area contributed by atoms with Crippen LogP contribution in [-0.4, -0.2) is 45.4 Å². The highest BCUT2D eigenvalue weighted by atomic mass is 16.2. The molecule has 0 unspecified atom stereocenters. The number of nitrogens with zero attached hydrogens (tertiary/aromatic N) is 4. The van der Waals surface area contributed by atoms with Crippen molar-refractivity contribution >= 4 is 5.91 Å². The lowest BCUT2D eigenvalue weighted by Crippen LogP contribution is -2.34. The van der Waals surface area contributed by atoms with Crippen molar-refractivity contribution in [2.24, 2.45) is 5.73 Å². The fraction of sp³-hybridized carbons (Fsp3) is 0.786. The second-order valence-corrected chi connectivity index (χ2v) is 5.45. The van der Waals surface area contributed by atoms with E-state index in [0.29, 0.717) is 13.1 Å². The van der Waals surface area contributed by atoms with Crippen LogP contribution in [0.4, 0.5) is 0 Å². The zero-order valence-corrected chi connectivity index (χ0v) is 12.1. The molecule has 6 nitrogen and oxygen atoms in total. The molecule has 20 heavy (non-hydrogen) atoms. The van der Waals surface area contributed by atoms with Crippen molar-refractivity contribution in [2.75, 3.05) is 19.6 Å². The molecule has 2 rings (SSSR count). The van der Waals surface area contributed by atoms with Crippen molar-refractivity contribution in [2.45, 2.75) is 51.5 Å². The van der Waals surface area contributed by atoms with E-state index >= 15 is 0 Å². The molecule has 1 fully saturated rings. The molecule has 2 N–H and O–H groups in total. The highest BCUT2D eigenvalue weighted by molar-refractivity contribution is 5.75. The molecule has 0 bridgehead atoms. The minimum absolute atomic E-state index is 0.158. The number of amides is 1. The maximum atomic E-state index is 12.2. The third-order valence-electron chi connectivity index (χ3n) is 3.73. The summed E-state index contributed by atoms with van der Waals surface area (Å²) in [6, 6.07) is 0. The Balaban J connectivity index is 1.81. The molecule has 0 spiro atoms. The van der Waals surface area contributed by atoms with Crippen molar-refractivity contribution in [3.63, 3.8) is 0 Å². The first kappa shape index (κ1) is 15.0. The van der Waals surface area contributed by atoms with E-state index in [-0.39, 0.29) is 5.91 Å². The highest BCUT2D eigenvalue weighted by Gasteiger charge is 2.16. The summed E-state index contributed by atoms with van der Waals surface area (Å²) >= 11 is 0. The SMILES string of the molecule is NCCCCc1cn(CC(=O)N2CCCCCC2)nn1. The second kappa shape index (κ2) is 7.99. The third-order valence-corrected chi connectivity index (χ3v) is 3.73. The Morgan fingerprint density at radius 2 is 1.95 bits per heavy atom. The first-order valence-electron chi connectivity index (χ1n) is 7.66. The van der Waals surface area contributed by atoms with Gasteiger partial charge in [0.05, 0.1) is 5.69 Å². The van der Waals surface area contributed by atoms with E-state index in [4.69, 9.17) is 5.73 Å². The van der Waals surface area contributed by atoms with E-state index in [1.54, 1.807) is 4.68 Å². The van der Waals surface area contributed by atoms with E-state index in [9.17, 15) is 4.79 Å². The van der Waals surface area contributed by atoms with Gasteiger partial charge < -0.3 is 10.6 Å². The Hall–Kier alpha value is -1.43. The number of unbranched alkanes of at least 4 members (excludes halogenated alkanes) is 1. The van der Waals surface area contributed by atoms with Gasteiger partial charge in [-0.3, -0.25) is 4.79 Å². The Morgan fingerprint density at radius 1 is 1.20 bits per heavy atom. The van der Waals surface area contributed by atoms with Gasteiger partial charge in [0.25, 0.3) is 0 Å². The molecule has 0 atom stereocenters. The molecule has 2 heterocycles. The minimum Gasteiger partial charge on any atom is -0.341 e. The van der Waals surface area contributed by atoms with E-state index in [1.807, 2.05) is 11.1 Å². The lowest BCUT2D eigenvalue weighted by molar-refractivity contribution is -0.132. The van der Waals surface area contributed by atoms with Crippen LogP contribution < -0.4 is 5.73 Å². The number of carbonyl (C=O) groups is 1. The first-order chi connectivity index (χ1) is 9.79. The van der Waals surface area contributed by atoms with Crippen LogP contribution in [0.15, 0.2) is 6.20 Å². The smallest absolute Gasteiger partial charge is 0.244 e. The molecule has 0 saturated carbocycles. The van der Waals surface area contributed by atoms with Crippen LogP contribution in [0, 0.1) is 0 Å². The molecule has 1 aliphatic heterocycles. The zero-order chi connectivity index (χ0) is 14.2. The summed E-state index contributed by atoms with van der Waals surface area (Å²) < 4.78 is 1.66. The predicted molar refractivity (Wildman–Crippen MR) is 77.1 cm³/mol. The fourth-order valence-corrected chi connectivity index (χ4v) is 2.54. The number of carbonyl (C=O) groups excluding carboxylic acids is 1. The summed E-state index contributed by atoms with van der Waals surface area (Å²) in [7, 11) is 0. The highest BCUT2D eigenvalue weighted by Crippen LogP contribution is 2.10. The predicted octanol–water partition coefficient (Wildman–Crippen LogP) is 0.962. The molecule has 0 aliphatic carbocycles. The number of hydrogen-bond acceptors (Lipinski definition) is 4. The molecule has 1 amide bonds. The van der Waals surface area contributed by atoms with Crippen LogP contribution in [0.2, 0.25) is 0 Å². The lowest BCUT2D eigenvalue weighted by Gasteiger charge is -2.19. The van der Waals surface area contributed by atoms with Gasteiger partial charge in [0.1, 0.15) is 6.54 Å².